The second-order valence-electron chi connectivity index (χ2n) is 16.4. The standard InChI is InChI=1S/C36H44O16/c1-8-31-12-22-30(7,24(47-16(2)37)20-9-10-45-13-20)25(48-17(3)38)26(49-18(4)39)36(44)32-15-46-23(41)11-21(32)29(6)14-33(32,42)34(43,27(29)50-19(5)40)28(51-31)35(22,36)52-31/h9-10,13,21-22,24-28,42-44H,8,11-12,14-15H2,1-7H3/t21-,22+,24-,25-,26+,27-,28+,29+,30+,31-,32+,33+,34-,35+,36-/m0/s1. The number of hydrogen-bond donors (Lipinski definition) is 3. The molecule has 0 unspecified atom stereocenters. The van der Waals surface area contributed by atoms with Gasteiger partial charge in [0.15, 0.2) is 23.6 Å². The summed E-state index contributed by atoms with van der Waals surface area (Å²) in [6, 6.07) is 1.55. The maximum Gasteiger partial charge on any atom is 0.306 e. The van der Waals surface area contributed by atoms with Crippen molar-refractivity contribution in [2.45, 2.75) is 133 Å². The van der Waals surface area contributed by atoms with Crippen LogP contribution in [0.3, 0.4) is 0 Å². The van der Waals surface area contributed by atoms with Crippen molar-refractivity contribution in [1.82, 2.24) is 0 Å². The summed E-state index contributed by atoms with van der Waals surface area (Å²) in [6.07, 6.45) is -5.99. The van der Waals surface area contributed by atoms with E-state index in [0.717, 1.165) is 20.8 Å². The first kappa shape index (κ1) is 35.5. The molecule has 0 amide bonds. The smallest absolute Gasteiger partial charge is 0.306 e. The minimum absolute atomic E-state index is 0.0382. The zero-order chi connectivity index (χ0) is 37.8. The van der Waals surface area contributed by atoms with Gasteiger partial charge in [0.25, 0.3) is 0 Å². The first-order chi connectivity index (χ1) is 24.2. The Balaban J connectivity index is 1.52. The van der Waals surface area contributed by atoms with Gasteiger partial charge in [0.05, 0.1) is 23.4 Å². The Morgan fingerprint density at radius 1 is 0.942 bits per heavy atom. The maximum absolute atomic E-state index is 14.3. The number of hydrogen-bond acceptors (Lipinski definition) is 16. The van der Waals surface area contributed by atoms with Crippen LogP contribution >= 0.6 is 0 Å². The molecule has 4 saturated carbocycles. The lowest BCUT2D eigenvalue weighted by Gasteiger charge is -2.77. The predicted octanol–water partition coefficient (Wildman–Crippen LogP) is 1.16. The van der Waals surface area contributed by atoms with Crippen LogP contribution in [0.25, 0.3) is 0 Å². The molecule has 3 saturated heterocycles. The molecule has 4 bridgehead atoms. The van der Waals surface area contributed by atoms with E-state index in [9.17, 15) is 39.3 Å². The number of cyclic esters (lactones) is 1. The van der Waals surface area contributed by atoms with Gasteiger partial charge in [0, 0.05) is 57.4 Å². The molecule has 4 heterocycles. The highest BCUT2D eigenvalue weighted by Gasteiger charge is 3.04. The summed E-state index contributed by atoms with van der Waals surface area (Å²) in [7, 11) is 0. The SMILES string of the molecule is CC[C@@]12C[C@@H]3[C@](C)([C@@H](OC(C)=O)c4ccoc4)[C@@H](OC(C)=O)[C@@H](OC(C)=O)[C@@]4(O)[C@]3(O1)[C@H](O2)[C@@]1(O)[C@@H](OC(C)=O)[C@]2(C)C[C@@]1(O)[C@]41COC(=O)C[C@@H]21. The highest BCUT2D eigenvalue weighted by Crippen LogP contribution is 2.87. The Kier molecular flexibility index (Phi) is 7.05. The van der Waals surface area contributed by atoms with Crippen molar-refractivity contribution in [3.63, 3.8) is 0 Å². The fourth-order valence-electron chi connectivity index (χ4n) is 12.8. The Labute approximate surface area is 298 Å². The third-order valence-electron chi connectivity index (χ3n) is 14.2. The number of aliphatic hydroxyl groups is 3. The topological polar surface area (TPSA) is 224 Å². The van der Waals surface area contributed by atoms with Gasteiger partial charge in [0.2, 0.25) is 0 Å². The molecule has 15 atom stereocenters. The average molecular weight is 733 g/mol. The molecule has 4 aliphatic carbocycles. The number of carbonyl (C=O) groups excluding carboxylic acids is 5. The molecule has 0 aromatic carbocycles. The number of fused-ring (bicyclic) bond motifs is 4. The fourth-order valence-corrected chi connectivity index (χ4v) is 12.8. The first-order valence-corrected chi connectivity index (χ1v) is 17.6. The number of ether oxygens (including phenoxy) is 7. The maximum atomic E-state index is 14.3. The predicted molar refractivity (Wildman–Crippen MR) is 167 cm³/mol. The van der Waals surface area contributed by atoms with E-state index < -0.39 is 130 Å². The summed E-state index contributed by atoms with van der Waals surface area (Å²) in [5.41, 5.74) is -14.7. The lowest BCUT2D eigenvalue weighted by Crippen LogP contribution is -2.97. The normalized spacial score (nSPS) is 50.8. The Morgan fingerprint density at radius 2 is 1.60 bits per heavy atom. The van der Waals surface area contributed by atoms with Gasteiger partial charge in [-0.15, -0.1) is 0 Å². The molecule has 1 aromatic rings. The summed E-state index contributed by atoms with van der Waals surface area (Å²) < 4.78 is 49.2. The van der Waals surface area contributed by atoms with E-state index in [4.69, 9.17) is 37.6 Å². The van der Waals surface area contributed by atoms with Gasteiger partial charge >= 0.3 is 29.8 Å². The fraction of sp³-hybridized carbons (Fsp3) is 0.750. The molecule has 0 radical (unpaired) electrons. The van der Waals surface area contributed by atoms with Crippen molar-refractivity contribution < 1.29 is 76.9 Å². The largest absolute Gasteiger partial charge is 0.472 e. The molecule has 7 aliphatic rings. The van der Waals surface area contributed by atoms with E-state index >= 15 is 0 Å². The molecule has 7 fully saturated rings. The number of rotatable bonds is 7. The summed E-state index contributed by atoms with van der Waals surface area (Å²) in [4.78, 5) is 65.5. The number of carbonyl (C=O) groups is 5. The monoisotopic (exact) mass is 732 g/mol. The third-order valence-corrected chi connectivity index (χ3v) is 14.2. The highest BCUT2D eigenvalue weighted by atomic mass is 16.8. The van der Waals surface area contributed by atoms with Crippen LogP contribution in [0, 0.1) is 28.1 Å². The first-order valence-electron chi connectivity index (χ1n) is 17.6. The van der Waals surface area contributed by atoms with Crippen molar-refractivity contribution >= 4 is 29.8 Å². The van der Waals surface area contributed by atoms with Gasteiger partial charge in [0.1, 0.15) is 41.7 Å². The van der Waals surface area contributed by atoms with Crippen molar-refractivity contribution in [3.8, 4) is 0 Å². The minimum Gasteiger partial charge on any atom is -0.472 e. The minimum atomic E-state index is -2.67. The second kappa shape index (κ2) is 10.3. The van der Waals surface area contributed by atoms with Crippen molar-refractivity contribution in [2.24, 2.45) is 28.1 Å². The van der Waals surface area contributed by atoms with Crippen LogP contribution in [-0.4, -0.2) is 104 Å². The molecule has 284 valence electrons. The van der Waals surface area contributed by atoms with Crippen LogP contribution in [-0.2, 0) is 57.1 Å². The van der Waals surface area contributed by atoms with Crippen molar-refractivity contribution in [1.29, 1.82) is 0 Å². The summed E-state index contributed by atoms with van der Waals surface area (Å²) in [6.45, 7) is 8.94. The van der Waals surface area contributed by atoms with Gasteiger partial charge < -0.3 is 52.9 Å². The molecular formula is C36H44O16. The zero-order valence-electron chi connectivity index (χ0n) is 30.0. The van der Waals surface area contributed by atoms with E-state index in [2.05, 4.69) is 0 Å². The van der Waals surface area contributed by atoms with Crippen LogP contribution in [0.5, 0.6) is 0 Å². The highest BCUT2D eigenvalue weighted by molar-refractivity contribution is 5.74. The van der Waals surface area contributed by atoms with Gasteiger partial charge in [-0.3, -0.25) is 24.0 Å². The lowest BCUT2D eigenvalue weighted by atomic mass is 9.32. The molecule has 3 N–H and O–H groups in total. The Hall–Kier alpha value is -3.57. The van der Waals surface area contributed by atoms with Crippen LogP contribution < -0.4 is 0 Å². The molecule has 16 heteroatoms. The van der Waals surface area contributed by atoms with Crippen LogP contribution in [0.4, 0.5) is 0 Å². The Morgan fingerprint density at radius 3 is 2.17 bits per heavy atom. The van der Waals surface area contributed by atoms with E-state index in [-0.39, 0.29) is 19.3 Å². The van der Waals surface area contributed by atoms with Crippen LogP contribution in [0.2, 0.25) is 0 Å². The second-order valence-corrected chi connectivity index (χ2v) is 16.4. The van der Waals surface area contributed by atoms with Gasteiger partial charge in [-0.2, -0.15) is 0 Å². The van der Waals surface area contributed by atoms with E-state index in [1.54, 1.807) is 26.8 Å². The van der Waals surface area contributed by atoms with Gasteiger partial charge in [-0.25, -0.2) is 0 Å². The number of furan rings is 1. The number of esters is 5. The zero-order valence-corrected chi connectivity index (χ0v) is 30.0. The molecule has 16 nitrogen and oxygen atoms in total. The van der Waals surface area contributed by atoms with Crippen molar-refractivity contribution in [3.05, 3.63) is 24.2 Å². The van der Waals surface area contributed by atoms with Gasteiger partial charge in [-0.1, -0.05) is 20.8 Å². The molecule has 1 aromatic heterocycles. The van der Waals surface area contributed by atoms with E-state index in [1.807, 2.05) is 0 Å². The quantitative estimate of drug-likeness (QED) is 0.264. The van der Waals surface area contributed by atoms with Crippen molar-refractivity contribution in [2.75, 3.05) is 6.61 Å². The summed E-state index contributed by atoms with van der Waals surface area (Å²) in [5, 5.41) is 41.1. The van der Waals surface area contributed by atoms with Gasteiger partial charge in [-0.05, 0) is 24.8 Å². The molecule has 2 spiro atoms. The average Bonchev–Trinajstić information content (AvgIpc) is 3.85. The molecule has 8 rings (SSSR count). The molecule has 3 aliphatic heterocycles. The van der Waals surface area contributed by atoms with E-state index in [1.165, 1.54) is 19.5 Å². The Bertz CT molecular complexity index is 1780. The lowest BCUT2D eigenvalue weighted by molar-refractivity contribution is -0.450. The van der Waals surface area contributed by atoms with Crippen LogP contribution in [0.15, 0.2) is 23.0 Å². The molecule has 52 heavy (non-hydrogen) atoms. The summed E-state index contributed by atoms with van der Waals surface area (Å²) in [5.74, 6) is -7.73. The van der Waals surface area contributed by atoms with E-state index in [0.29, 0.717) is 5.56 Å². The molecular weight excluding hydrogens is 688 g/mol. The van der Waals surface area contributed by atoms with Crippen LogP contribution in [0.1, 0.15) is 85.8 Å². The summed E-state index contributed by atoms with van der Waals surface area (Å²) >= 11 is 0. The third kappa shape index (κ3) is 3.54.